The van der Waals surface area contributed by atoms with Crippen molar-refractivity contribution in [1.82, 2.24) is 4.98 Å². The average Bonchev–Trinajstić information content (AvgIpc) is 2.92. The average molecular weight is 286 g/mol. The van der Waals surface area contributed by atoms with Crippen LogP contribution in [0.3, 0.4) is 0 Å². The van der Waals surface area contributed by atoms with E-state index in [0.717, 1.165) is 19.5 Å². The molecule has 1 heterocycles. The van der Waals surface area contributed by atoms with E-state index in [-0.39, 0.29) is 0 Å². The Morgan fingerprint density at radius 2 is 1.95 bits per heavy atom. The van der Waals surface area contributed by atoms with Crippen molar-refractivity contribution in [3.8, 4) is 0 Å². The Kier molecular flexibility index (Phi) is 4.36. The van der Waals surface area contributed by atoms with E-state index in [1.165, 1.54) is 46.9 Å². The fourth-order valence-corrected chi connectivity index (χ4v) is 3.96. The van der Waals surface area contributed by atoms with Gasteiger partial charge in [0.25, 0.3) is 0 Å². The Labute approximate surface area is 125 Å². The first-order chi connectivity index (χ1) is 9.86. The summed E-state index contributed by atoms with van der Waals surface area (Å²) < 4.78 is 0. The minimum atomic E-state index is 0.973. The second-order valence-electron chi connectivity index (χ2n) is 5.48. The van der Waals surface area contributed by atoms with Gasteiger partial charge in [-0.25, -0.2) is 4.98 Å². The van der Waals surface area contributed by atoms with E-state index in [1.807, 2.05) is 11.3 Å². The van der Waals surface area contributed by atoms with E-state index in [0.29, 0.717) is 0 Å². The predicted molar refractivity (Wildman–Crippen MR) is 86.5 cm³/mol. The number of anilines is 1. The molecule has 0 saturated carbocycles. The molecule has 1 aromatic heterocycles. The van der Waals surface area contributed by atoms with E-state index in [4.69, 9.17) is 4.98 Å². The van der Waals surface area contributed by atoms with Gasteiger partial charge in [-0.3, -0.25) is 0 Å². The number of aryl methyl sites for hydroxylation is 2. The molecule has 1 aliphatic carbocycles. The highest BCUT2D eigenvalue weighted by Crippen LogP contribution is 2.32. The minimum Gasteiger partial charge on any atom is -0.344 e. The summed E-state index contributed by atoms with van der Waals surface area (Å²) in [5.41, 5.74) is 2.74. The third kappa shape index (κ3) is 3.04. The van der Waals surface area contributed by atoms with Gasteiger partial charge in [-0.05, 0) is 37.7 Å². The van der Waals surface area contributed by atoms with Gasteiger partial charge in [-0.2, -0.15) is 0 Å². The summed E-state index contributed by atoms with van der Waals surface area (Å²) in [7, 11) is 0. The van der Waals surface area contributed by atoms with Crippen LogP contribution in [-0.2, 0) is 19.4 Å². The summed E-state index contributed by atoms with van der Waals surface area (Å²) in [4.78, 5) is 8.88. The van der Waals surface area contributed by atoms with Crippen LogP contribution in [0, 0.1) is 0 Å². The number of hydrogen-bond donors (Lipinski definition) is 0. The molecule has 20 heavy (non-hydrogen) atoms. The smallest absolute Gasteiger partial charge is 0.186 e. The van der Waals surface area contributed by atoms with Crippen molar-refractivity contribution in [1.29, 1.82) is 0 Å². The molecule has 2 nitrogen and oxygen atoms in total. The van der Waals surface area contributed by atoms with Crippen LogP contribution in [0.5, 0.6) is 0 Å². The number of fused-ring (bicyclic) bond motifs is 1. The van der Waals surface area contributed by atoms with Crippen molar-refractivity contribution >= 4 is 16.5 Å². The lowest BCUT2D eigenvalue weighted by Crippen LogP contribution is -2.23. The normalized spacial score (nSPS) is 14.1. The lowest BCUT2D eigenvalue weighted by molar-refractivity contribution is 0.680. The molecular weight excluding hydrogens is 264 g/mol. The van der Waals surface area contributed by atoms with Gasteiger partial charge in [-0.1, -0.05) is 37.3 Å². The summed E-state index contributed by atoms with van der Waals surface area (Å²) in [6.07, 6.45) is 6.22. The minimum absolute atomic E-state index is 0.973. The van der Waals surface area contributed by atoms with Gasteiger partial charge in [0.2, 0.25) is 0 Å². The van der Waals surface area contributed by atoms with Gasteiger partial charge < -0.3 is 4.90 Å². The van der Waals surface area contributed by atoms with E-state index < -0.39 is 0 Å². The van der Waals surface area contributed by atoms with E-state index in [9.17, 15) is 0 Å². The molecule has 0 saturated heterocycles. The number of rotatable bonds is 5. The lowest BCUT2D eigenvalue weighted by atomic mass is 10.0. The largest absolute Gasteiger partial charge is 0.344 e. The molecule has 0 atom stereocenters. The van der Waals surface area contributed by atoms with Gasteiger partial charge in [0, 0.05) is 18.0 Å². The van der Waals surface area contributed by atoms with E-state index in [2.05, 4.69) is 42.2 Å². The number of aromatic nitrogens is 1. The fourth-order valence-electron chi connectivity index (χ4n) is 2.79. The fraction of sp³-hybridized carbons (Fsp3) is 0.471. The third-order valence-corrected chi connectivity index (χ3v) is 5.03. The molecule has 3 heteroatoms. The van der Waals surface area contributed by atoms with Crippen LogP contribution >= 0.6 is 11.3 Å². The van der Waals surface area contributed by atoms with Gasteiger partial charge in [0.1, 0.15) is 0 Å². The monoisotopic (exact) mass is 286 g/mol. The first-order valence-electron chi connectivity index (χ1n) is 7.64. The Bertz CT molecular complexity index is 524. The molecule has 0 amide bonds. The molecule has 0 bridgehead atoms. The summed E-state index contributed by atoms with van der Waals surface area (Å²) in [6, 6.07) is 10.7. The second-order valence-corrected chi connectivity index (χ2v) is 6.54. The van der Waals surface area contributed by atoms with Crippen LogP contribution in [0.4, 0.5) is 5.13 Å². The zero-order valence-electron chi connectivity index (χ0n) is 12.1. The third-order valence-electron chi connectivity index (χ3n) is 3.81. The number of hydrogen-bond acceptors (Lipinski definition) is 3. The lowest BCUT2D eigenvalue weighted by Gasteiger charge is -2.21. The van der Waals surface area contributed by atoms with Gasteiger partial charge in [-0.15, -0.1) is 11.3 Å². The molecule has 0 unspecified atom stereocenters. The molecule has 3 rings (SSSR count). The van der Waals surface area contributed by atoms with Crippen molar-refractivity contribution in [3.63, 3.8) is 0 Å². The van der Waals surface area contributed by atoms with Gasteiger partial charge in [0.15, 0.2) is 5.13 Å². The molecule has 0 fully saturated rings. The maximum atomic E-state index is 4.91. The van der Waals surface area contributed by atoms with Crippen molar-refractivity contribution < 1.29 is 0 Å². The molecule has 2 aromatic rings. The number of thiazole rings is 1. The highest BCUT2D eigenvalue weighted by Gasteiger charge is 2.18. The summed E-state index contributed by atoms with van der Waals surface area (Å²) in [6.45, 7) is 4.30. The number of nitrogens with zero attached hydrogens (tertiary/aromatic N) is 2. The quantitative estimate of drug-likeness (QED) is 0.808. The van der Waals surface area contributed by atoms with Crippen LogP contribution in [0.1, 0.15) is 42.3 Å². The Morgan fingerprint density at radius 1 is 1.15 bits per heavy atom. The first kappa shape index (κ1) is 13.6. The van der Waals surface area contributed by atoms with Crippen molar-refractivity contribution in [2.45, 2.75) is 45.6 Å². The summed E-state index contributed by atoms with van der Waals surface area (Å²) in [5.74, 6) is 0. The molecule has 1 aliphatic rings. The second kappa shape index (κ2) is 6.40. The molecule has 0 radical (unpaired) electrons. The van der Waals surface area contributed by atoms with Crippen LogP contribution in [0.2, 0.25) is 0 Å². The first-order valence-corrected chi connectivity index (χ1v) is 8.46. The number of benzene rings is 1. The van der Waals surface area contributed by atoms with Gasteiger partial charge >= 0.3 is 0 Å². The van der Waals surface area contributed by atoms with E-state index in [1.54, 1.807) is 0 Å². The highest BCUT2D eigenvalue weighted by atomic mass is 32.1. The molecular formula is C17H22N2S. The zero-order chi connectivity index (χ0) is 13.8. The van der Waals surface area contributed by atoms with Crippen LogP contribution in [-0.4, -0.2) is 11.5 Å². The van der Waals surface area contributed by atoms with E-state index >= 15 is 0 Å². The summed E-state index contributed by atoms with van der Waals surface area (Å²) in [5, 5.41) is 1.22. The van der Waals surface area contributed by atoms with Crippen LogP contribution < -0.4 is 4.90 Å². The van der Waals surface area contributed by atoms with Crippen LogP contribution in [0.25, 0.3) is 0 Å². The molecule has 0 spiro atoms. The molecule has 1 aromatic carbocycles. The molecule has 106 valence electrons. The Balaban J connectivity index is 1.81. The van der Waals surface area contributed by atoms with Crippen molar-refractivity contribution in [2.75, 3.05) is 11.4 Å². The van der Waals surface area contributed by atoms with Crippen LogP contribution in [0.15, 0.2) is 30.3 Å². The van der Waals surface area contributed by atoms with Crippen molar-refractivity contribution in [3.05, 3.63) is 46.5 Å². The standard InChI is InChI=1S/C17H22N2S/c1-2-12-19(13-14-8-4-3-5-9-14)17-18-15-10-6-7-11-16(15)20-17/h3-5,8-9H,2,6-7,10-13H2,1H3. The maximum Gasteiger partial charge on any atom is 0.186 e. The Hall–Kier alpha value is -1.35. The van der Waals surface area contributed by atoms with Crippen molar-refractivity contribution in [2.24, 2.45) is 0 Å². The summed E-state index contributed by atoms with van der Waals surface area (Å²) >= 11 is 1.92. The zero-order valence-corrected chi connectivity index (χ0v) is 13.0. The molecule has 0 N–H and O–H groups in total. The maximum absolute atomic E-state index is 4.91. The Morgan fingerprint density at radius 3 is 2.70 bits per heavy atom. The topological polar surface area (TPSA) is 16.1 Å². The highest BCUT2D eigenvalue weighted by molar-refractivity contribution is 7.15. The molecule has 0 aliphatic heterocycles. The SMILES string of the molecule is CCCN(Cc1ccccc1)c1nc2c(s1)CCCC2. The van der Waals surface area contributed by atoms with Gasteiger partial charge in [0.05, 0.1) is 5.69 Å². The predicted octanol–water partition coefficient (Wildman–Crippen LogP) is 4.44.